The molecule has 3 rings (SSSR count). The highest BCUT2D eigenvalue weighted by atomic mass is 16.5. The summed E-state index contributed by atoms with van der Waals surface area (Å²) in [6.45, 7) is 5.85. The first kappa shape index (κ1) is 21.1. The molecular weight excluding hydrogens is 382 g/mol. The van der Waals surface area contributed by atoms with E-state index < -0.39 is 11.1 Å². The fourth-order valence-electron chi connectivity index (χ4n) is 3.43. The summed E-state index contributed by atoms with van der Waals surface area (Å²) in [5.41, 5.74) is 3.18. The van der Waals surface area contributed by atoms with Crippen LogP contribution in [0.25, 0.3) is 0 Å². The number of nitrogens with zero attached hydrogens (tertiary/aromatic N) is 2. The van der Waals surface area contributed by atoms with E-state index in [9.17, 15) is 14.4 Å². The van der Waals surface area contributed by atoms with Crippen LogP contribution in [0.15, 0.2) is 58.4 Å². The van der Waals surface area contributed by atoms with E-state index in [-0.39, 0.29) is 19.0 Å². The van der Waals surface area contributed by atoms with Crippen molar-refractivity contribution in [3.8, 4) is 5.75 Å². The zero-order valence-electron chi connectivity index (χ0n) is 17.6. The van der Waals surface area contributed by atoms with Gasteiger partial charge in [-0.1, -0.05) is 29.8 Å². The Morgan fingerprint density at radius 2 is 1.50 bits per heavy atom. The van der Waals surface area contributed by atoms with Crippen molar-refractivity contribution in [3.05, 3.63) is 91.8 Å². The molecule has 0 unspecified atom stereocenters. The van der Waals surface area contributed by atoms with E-state index in [2.05, 4.69) is 5.32 Å². The largest absolute Gasteiger partial charge is 0.497 e. The van der Waals surface area contributed by atoms with Crippen molar-refractivity contribution in [1.82, 2.24) is 9.13 Å². The van der Waals surface area contributed by atoms with Crippen LogP contribution in [0, 0.1) is 20.8 Å². The van der Waals surface area contributed by atoms with Crippen LogP contribution in [0.1, 0.15) is 22.3 Å². The topological polar surface area (TPSA) is 82.3 Å². The average Bonchev–Trinajstić information content (AvgIpc) is 2.71. The fourth-order valence-corrected chi connectivity index (χ4v) is 3.43. The molecule has 0 radical (unpaired) electrons. The molecule has 0 fully saturated rings. The summed E-state index contributed by atoms with van der Waals surface area (Å²) in [7, 11) is 1.58. The summed E-state index contributed by atoms with van der Waals surface area (Å²) in [4.78, 5) is 37.4. The molecule has 0 atom stereocenters. The Morgan fingerprint density at radius 3 is 2.10 bits per heavy atom. The summed E-state index contributed by atoms with van der Waals surface area (Å²) in [5, 5.41) is 2.85. The van der Waals surface area contributed by atoms with Gasteiger partial charge in [-0.25, -0.2) is 0 Å². The van der Waals surface area contributed by atoms with Gasteiger partial charge in [-0.2, -0.15) is 0 Å². The molecular formula is C23H25N3O4. The molecule has 1 N–H and O–H groups in total. The van der Waals surface area contributed by atoms with Crippen LogP contribution in [-0.2, 0) is 17.9 Å². The van der Waals surface area contributed by atoms with E-state index >= 15 is 0 Å². The summed E-state index contributed by atoms with van der Waals surface area (Å²) in [6.07, 6.45) is 2.98. The highest BCUT2D eigenvalue weighted by molar-refractivity contribution is 5.92. The van der Waals surface area contributed by atoms with Crippen molar-refractivity contribution < 1.29 is 9.53 Å². The Labute approximate surface area is 174 Å². The van der Waals surface area contributed by atoms with E-state index in [0.717, 1.165) is 32.5 Å². The molecule has 0 bridgehead atoms. The molecule has 7 heteroatoms. The van der Waals surface area contributed by atoms with E-state index in [1.165, 1.54) is 17.0 Å². The van der Waals surface area contributed by atoms with Gasteiger partial charge in [0.05, 0.1) is 13.7 Å². The number of hydrogen-bond acceptors (Lipinski definition) is 4. The number of hydrogen-bond donors (Lipinski definition) is 1. The van der Waals surface area contributed by atoms with E-state index in [0.29, 0.717) is 5.75 Å². The van der Waals surface area contributed by atoms with Gasteiger partial charge in [0, 0.05) is 18.1 Å². The predicted octanol–water partition coefficient (Wildman–Crippen LogP) is 2.63. The van der Waals surface area contributed by atoms with Crippen molar-refractivity contribution in [1.29, 1.82) is 0 Å². The standard InChI is InChI=1S/C23H25N3O4/c1-15-11-16(2)21(17(3)12-15)24-20(27)14-26-10-9-25(22(28)23(26)29)13-18-5-7-19(30-4)8-6-18/h5-12H,13-14H2,1-4H3,(H,24,27). The lowest BCUT2D eigenvalue weighted by molar-refractivity contribution is -0.116. The second-order valence-corrected chi connectivity index (χ2v) is 7.33. The zero-order chi connectivity index (χ0) is 21.8. The molecule has 2 aromatic carbocycles. The summed E-state index contributed by atoms with van der Waals surface area (Å²) < 4.78 is 7.57. The van der Waals surface area contributed by atoms with Crippen LogP contribution in [0.3, 0.4) is 0 Å². The van der Waals surface area contributed by atoms with Crippen LogP contribution in [0.5, 0.6) is 5.75 Å². The van der Waals surface area contributed by atoms with Gasteiger partial charge in [-0.3, -0.25) is 19.0 Å². The third-order valence-corrected chi connectivity index (χ3v) is 4.90. The van der Waals surface area contributed by atoms with Gasteiger partial charge in [0.15, 0.2) is 0 Å². The maximum atomic E-state index is 12.5. The molecule has 1 heterocycles. The van der Waals surface area contributed by atoms with Crippen molar-refractivity contribution in [3.63, 3.8) is 0 Å². The Morgan fingerprint density at radius 1 is 0.933 bits per heavy atom. The number of carbonyl (C=O) groups is 1. The van der Waals surface area contributed by atoms with Crippen LogP contribution < -0.4 is 21.2 Å². The van der Waals surface area contributed by atoms with Crippen LogP contribution in [0.4, 0.5) is 5.69 Å². The molecule has 156 valence electrons. The van der Waals surface area contributed by atoms with Crippen LogP contribution in [-0.4, -0.2) is 22.2 Å². The number of methoxy groups -OCH3 is 1. The predicted molar refractivity (Wildman–Crippen MR) is 116 cm³/mol. The van der Waals surface area contributed by atoms with Crippen molar-refractivity contribution >= 4 is 11.6 Å². The number of benzene rings is 2. The summed E-state index contributed by atoms with van der Waals surface area (Å²) in [5.74, 6) is 0.353. The summed E-state index contributed by atoms with van der Waals surface area (Å²) >= 11 is 0. The average molecular weight is 407 g/mol. The number of nitrogens with one attached hydrogen (secondary N) is 1. The molecule has 0 aliphatic rings. The van der Waals surface area contributed by atoms with Gasteiger partial charge < -0.3 is 14.6 Å². The van der Waals surface area contributed by atoms with Crippen molar-refractivity contribution in [2.24, 2.45) is 0 Å². The van der Waals surface area contributed by atoms with Crippen molar-refractivity contribution in [2.75, 3.05) is 12.4 Å². The number of ether oxygens (including phenoxy) is 1. The molecule has 30 heavy (non-hydrogen) atoms. The number of amides is 1. The molecule has 1 amide bonds. The minimum absolute atomic E-state index is 0.232. The van der Waals surface area contributed by atoms with Gasteiger partial charge in [0.2, 0.25) is 5.91 Å². The SMILES string of the molecule is COc1ccc(Cn2ccn(CC(=O)Nc3c(C)cc(C)cc3C)c(=O)c2=O)cc1. The highest BCUT2D eigenvalue weighted by Crippen LogP contribution is 2.21. The fraction of sp³-hybridized carbons (Fsp3) is 0.261. The molecule has 0 aliphatic heterocycles. The lowest BCUT2D eigenvalue weighted by Gasteiger charge is -2.14. The lowest BCUT2D eigenvalue weighted by atomic mass is 10.1. The minimum Gasteiger partial charge on any atom is -0.497 e. The van der Waals surface area contributed by atoms with E-state index in [1.54, 1.807) is 19.2 Å². The molecule has 0 saturated carbocycles. The first-order valence-electron chi connectivity index (χ1n) is 9.59. The maximum absolute atomic E-state index is 12.5. The first-order valence-corrected chi connectivity index (χ1v) is 9.59. The number of carbonyl (C=O) groups excluding carboxylic acids is 1. The van der Waals surface area contributed by atoms with Crippen LogP contribution in [0.2, 0.25) is 0 Å². The quantitative estimate of drug-likeness (QED) is 0.637. The Kier molecular flexibility index (Phi) is 6.20. The van der Waals surface area contributed by atoms with Gasteiger partial charge >= 0.3 is 11.1 Å². The maximum Gasteiger partial charge on any atom is 0.316 e. The number of aryl methyl sites for hydroxylation is 3. The van der Waals surface area contributed by atoms with E-state index in [4.69, 9.17) is 4.74 Å². The Hall–Kier alpha value is -3.61. The smallest absolute Gasteiger partial charge is 0.316 e. The zero-order valence-corrected chi connectivity index (χ0v) is 17.6. The molecule has 7 nitrogen and oxygen atoms in total. The molecule has 3 aromatic rings. The van der Waals surface area contributed by atoms with Crippen LogP contribution >= 0.6 is 0 Å². The lowest BCUT2D eigenvalue weighted by Crippen LogP contribution is -2.42. The third-order valence-electron chi connectivity index (χ3n) is 4.90. The summed E-state index contributed by atoms with van der Waals surface area (Å²) in [6, 6.07) is 11.2. The van der Waals surface area contributed by atoms with Gasteiger partial charge in [0.1, 0.15) is 12.3 Å². The minimum atomic E-state index is -0.737. The van der Waals surface area contributed by atoms with Crippen molar-refractivity contribution in [2.45, 2.75) is 33.9 Å². The normalized spacial score (nSPS) is 10.7. The molecule has 1 aromatic heterocycles. The second-order valence-electron chi connectivity index (χ2n) is 7.33. The van der Waals surface area contributed by atoms with Gasteiger partial charge in [0.25, 0.3) is 0 Å². The number of anilines is 1. The molecule has 0 saturated heterocycles. The number of aromatic nitrogens is 2. The highest BCUT2D eigenvalue weighted by Gasteiger charge is 2.12. The molecule has 0 aliphatic carbocycles. The monoisotopic (exact) mass is 407 g/mol. The Balaban J connectivity index is 1.76. The second kappa shape index (κ2) is 8.82. The first-order chi connectivity index (χ1) is 14.3. The molecule has 0 spiro atoms. The van der Waals surface area contributed by atoms with Gasteiger partial charge in [-0.05, 0) is 49.6 Å². The third kappa shape index (κ3) is 4.68. The Bertz CT molecular complexity index is 1170. The number of rotatable bonds is 6. The van der Waals surface area contributed by atoms with E-state index in [1.807, 2.05) is 45.0 Å². The van der Waals surface area contributed by atoms with Gasteiger partial charge in [-0.15, -0.1) is 0 Å².